The minimum absolute atomic E-state index is 0.00309. The monoisotopic (exact) mass is 247 g/mol. The van der Waals surface area contributed by atoms with Gasteiger partial charge in [-0.1, -0.05) is 13.0 Å². The number of nitrogens with one attached hydrogen (secondary N) is 1. The molecule has 1 unspecified atom stereocenters. The Morgan fingerprint density at radius 2 is 2.22 bits per heavy atom. The molecular formula is C14H21N3O. The van der Waals surface area contributed by atoms with Gasteiger partial charge < -0.3 is 15.0 Å². The van der Waals surface area contributed by atoms with E-state index in [0.29, 0.717) is 0 Å². The zero-order valence-corrected chi connectivity index (χ0v) is 11.3. The molecule has 0 aliphatic heterocycles. The fraction of sp³-hybridized carbons (Fsp3) is 0.500. The third-order valence-corrected chi connectivity index (χ3v) is 3.35. The molecule has 0 amide bonds. The number of aryl methyl sites for hydroxylation is 2. The summed E-state index contributed by atoms with van der Waals surface area (Å²) in [7, 11) is 2.02. The molecule has 0 radical (unpaired) electrons. The predicted molar refractivity (Wildman–Crippen MR) is 73.6 cm³/mol. The van der Waals surface area contributed by atoms with Gasteiger partial charge >= 0.3 is 0 Å². The van der Waals surface area contributed by atoms with Gasteiger partial charge in [-0.3, -0.25) is 0 Å². The van der Waals surface area contributed by atoms with Gasteiger partial charge in [0, 0.05) is 7.05 Å². The van der Waals surface area contributed by atoms with Crippen LogP contribution in [0.4, 0.5) is 0 Å². The van der Waals surface area contributed by atoms with Crippen LogP contribution in [0.15, 0.2) is 18.2 Å². The van der Waals surface area contributed by atoms with E-state index < -0.39 is 0 Å². The molecule has 0 aliphatic rings. The first-order chi connectivity index (χ1) is 8.67. The van der Waals surface area contributed by atoms with Crippen molar-refractivity contribution in [3.05, 3.63) is 29.6 Å². The predicted octanol–water partition coefficient (Wildman–Crippen LogP) is 1.91. The Morgan fingerprint density at radius 1 is 1.44 bits per heavy atom. The van der Waals surface area contributed by atoms with E-state index in [4.69, 9.17) is 0 Å². The second-order valence-corrected chi connectivity index (χ2v) is 4.66. The summed E-state index contributed by atoms with van der Waals surface area (Å²) in [5.41, 5.74) is 3.21. The largest absolute Gasteiger partial charge is 0.394 e. The van der Waals surface area contributed by atoms with Crippen LogP contribution in [-0.4, -0.2) is 27.8 Å². The summed E-state index contributed by atoms with van der Waals surface area (Å²) in [6.07, 6.45) is 1.06. The third-order valence-electron chi connectivity index (χ3n) is 3.35. The van der Waals surface area contributed by atoms with Crippen LogP contribution in [0.25, 0.3) is 11.0 Å². The molecule has 1 atom stereocenters. The molecule has 0 aliphatic carbocycles. The normalized spacial score (nSPS) is 13.1. The lowest BCUT2D eigenvalue weighted by molar-refractivity contribution is 0.245. The number of hydrogen-bond donors (Lipinski definition) is 2. The number of aromatic nitrogens is 2. The zero-order chi connectivity index (χ0) is 13.1. The molecule has 2 rings (SSSR count). The molecule has 1 heterocycles. The highest BCUT2D eigenvalue weighted by atomic mass is 16.3. The van der Waals surface area contributed by atoms with E-state index in [1.165, 1.54) is 0 Å². The lowest BCUT2D eigenvalue weighted by Gasteiger charge is -2.16. The van der Waals surface area contributed by atoms with Crippen molar-refractivity contribution in [2.75, 3.05) is 13.2 Å². The Bertz CT molecular complexity index is 533. The van der Waals surface area contributed by atoms with Crippen molar-refractivity contribution in [1.82, 2.24) is 14.9 Å². The molecule has 0 bridgehead atoms. The minimum Gasteiger partial charge on any atom is -0.394 e. The van der Waals surface area contributed by atoms with Gasteiger partial charge in [0.2, 0.25) is 0 Å². The second kappa shape index (κ2) is 5.50. The number of aliphatic hydroxyl groups excluding tert-OH is 1. The summed E-state index contributed by atoms with van der Waals surface area (Å²) in [6, 6.07) is 6.19. The highest BCUT2D eigenvalue weighted by molar-refractivity contribution is 5.76. The van der Waals surface area contributed by atoms with Gasteiger partial charge in [0.25, 0.3) is 0 Å². The van der Waals surface area contributed by atoms with E-state index in [2.05, 4.69) is 40.0 Å². The first-order valence-electron chi connectivity index (χ1n) is 6.44. The van der Waals surface area contributed by atoms with Crippen molar-refractivity contribution in [2.24, 2.45) is 7.05 Å². The van der Waals surface area contributed by atoms with Crippen molar-refractivity contribution in [3.63, 3.8) is 0 Å². The number of hydrogen-bond acceptors (Lipinski definition) is 3. The summed E-state index contributed by atoms with van der Waals surface area (Å²) in [5.74, 6) is 1.00. The third kappa shape index (κ3) is 2.40. The summed E-state index contributed by atoms with van der Waals surface area (Å²) in [4.78, 5) is 4.52. The lowest BCUT2D eigenvalue weighted by atomic mass is 10.1. The van der Waals surface area contributed by atoms with E-state index in [9.17, 15) is 5.11 Å². The van der Waals surface area contributed by atoms with Crippen LogP contribution in [-0.2, 0) is 7.05 Å². The molecule has 0 spiro atoms. The number of nitrogens with zero attached hydrogens (tertiary/aromatic N) is 2. The molecular weight excluding hydrogens is 226 g/mol. The van der Waals surface area contributed by atoms with Crippen LogP contribution in [0.1, 0.15) is 30.8 Å². The molecule has 0 saturated carbocycles. The molecule has 4 heteroatoms. The molecule has 18 heavy (non-hydrogen) atoms. The fourth-order valence-electron chi connectivity index (χ4n) is 2.16. The Labute approximate surface area is 108 Å². The summed E-state index contributed by atoms with van der Waals surface area (Å²) in [6.45, 7) is 5.13. The SMILES string of the molecule is CCCNC(CO)c1ccc2c(c1)nc(C)n2C. The maximum Gasteiger partial charge on any atom is 0.106 e. The van der Waals surface area contributed by atoms with Crippen LogP contribution in [0.3, 0.4) is 0 Å². The van der Waals surface area contributed by atoms with Crippen molar-refractivity contribution in [3.8, 4) is 0 Å². The summed E-state index contributed by atoms with van der Waals surface area (Å²) in [5, 5.41) is 12.8. The van der Waals surface area contributed by atoms with Crippen LogP contribution in [0, 0.1) is 6.92 Å². The summed E-state index contributed by atoms with van der Waals surface area (Å²) >= 11 is 0. The Kier molecular flexibility index (Phi) is 3.99. The fourth-order valence-corrected chi connectivity index (χ4v) is 2.16. The van der Waals surface area contributed by atoms with Crippen LogP contribution < -0.4 is 5.32 Å². The van der Waals surface area contributed by atoms with Gasteiger partial charge in [-0.05, 0) is 37.6 Å². The minimum atomic E-state index is -0.00309. The number of aliphatic hydroxyl groups is 1. The van der Waals surface area contributed by atoms with Crippen molar-refractivity contribution >= 4 is 11.0 Å². The van der Waals surface area contributed by atoms with Crippen molar-refractivity contribution in [1.29, 1.82) is 0 Å². The molecule has 4 nitrogen and oxygen atoms in total. The Morgan fingerprint density at radius 3 is 2.89 bits per heavy atom. The summed E-state index contributed by atoms with van der Waals surface area (Å²) < 4.78 is 2.08. The Balaban J connectivity index is 2.33. The Hall–Kier alpha value is -1.39. The van der Waals surface area contributed by atoms with Gasteiger partial charge in [0.1, 0.15) is 5.82 Å². The maximum atomic E-state index is 9.45. The van der Waals surface area contributed by atoms with Crippen molar-refractivity contribution < 1.29 is 5.11 Å². The number of imidazole rings is 1. The van der Waals surface area contributed by atoms with Gasteiger partial charge in [-0.25, -0.2) is 4.98 Å². The molecule has 98 valence electrons. The van der Waals surface area contributed by atoms with Crippen LogP contribution >= 0.6 is 0 Å². The highest BCUT2D eigenvalue weighted by Crippen LogP contribution is 2.20. The van der Waals surface area contributed by atoms with Crippen molar-refractivity contribution in [2.45, 2.75) is 26.3 Å². The van der Waals surface area contributed by atoms with E-state index in [1.807, 2.05) is 14.0 Å². The average Bonchev–Trinajstić information content (AvgIpc) is 2.66. The lowest BCUT2D eigenvalue weighted by Crippen LogP contribution is -2.25. The van der Waals surface area contributed by atoms with E-state index in [0.717, 1.165) is 35.4 Å². The first-order valence-corrected chi connectivity index (χ1v) is 6.44. The van der Waals surface area contributed by atoms with Crippen LogP contribution in [0.5, 0.6) is 0 Å². The smallest absolute Gasteiger partial charge is 0.106 e. The number of rotatable bonds is 5. The van der Waals surface area contributed by atoms with E-state index in [1.54, 1.807) is 0 Å². The highest BCUT2D eigenvalue weighted by Gasteiger charge is 2.11. The van der Waals surface area contributed by atoms with Gasteiger partial charge in [0.15, 0.2) is 0 Å². The van der Waals surface area contributed by atoms with E-state index >= 15 is 0 Å². The molecule has 1 aromatic carbocycles. The van der Waals surface area contributed by atoms with Crippen LogP contribution in [0.2, 0.25) is 0 Å². The van der Waals surface area contributed by atoms with E-state index in [-0.39, 0.29) is 12.6 Å². The maximum absolute atomic E-state index is 9.45. The molecule has 0 fully saturated rings. The molecule has 1 aromatic heterocycles. The average molecular weight is 247 g/mol. The first kappa shape index (κ1) is 13.1. The number of benzene rings is 1. The zero-order valence-electron chi connectivity index (χ0n) is 11.3. The quantitative estimate of drug-likeness (QED) is 0.848. The molecule has 0 saturated heterocycles. The van der Waals surface area contributed by atoms with Gasteiger partial charge in [-0.15, -0.1) is 0 Å². The standard InChI is InChI=1S/C14H21N3O/c1-4-7-15-13(9-18)11-5-6-14-12(8-11)16-10(2)17(14)3/h5-6,8,13,15,18H,4,7,9H2,1-3H3. The number of fused-ring (bicyclic) bond motifs is 1. The van der Waals surface area contributed by atoms with Gasteiger partial charge in [-0.2, -0.15) is 0 Å². The molecule has 2 aromatic rings. The van der Waals surface area contributed by atoms with Gasteiger partial charge in [0.05, 0.1) is 23.7 Å². The second-order valence-electron chi connectivity index (χ2n) is 4.66. The molecule has 2 N–H and O–H groups in total. The topological polar surface area (TPSA) is 50.1 Å².